The molecule has 0 spiro atoms. The predicted molar refractivity (Wildman–Crippen MR) is 243 cm³/mol. The first-order valence-electron chi connectivity index (χ1n) is 19.6. The highest BCUT2D eigenvalue weighted by Gasteiger charge is 2.16. The molecular formula is C56H39N. The molecule has 0 aliphatic rings. The van der Waals surface area contributed by atoms with Crippen LogP contribution in [-0.2, 0) is 0 Å². The Kier molecular flexibility index (Phi) is 8.95. The minimum atomic E-state index is 1.10. The number of hydrogen-bond acceptors (Lipinski definition) is 1. The van der Waals surface area contributed by atoms with Gasteiger partial charge in [-0.2, -0.15) is 0 Å². The van der Waals surface area contributed by atoms with Crippen LogP contribution in [-0.4, -0.2) is 0 Å². The van der Waals surface area contributed by atoms with Crippen LogP contribution in [0.25, 0.3) is 77.2 Å². The zero-order chi connectivity index (χ0) is 38.0. The Labute approximate surface area is 334 Å². The van der Waals surface area contributed by atoms with Crippen molar-refractivity contribution in [1.82, 2.24) is 0 Å². The van der Waals surface area contributed by atoms with E-state index in [1.807, 2.05) is 0 Å². The minimum absolute atomic E-state index is 1.10. The summed E-state index contributed by atoms with van der Waals surface area (Å²) in [5, 5.41) is 5.02. The molecule has 0 bridgehead atoms. The fraction of sp³-hybridized carbons (Fsp3) is 0. The van der Waals surface area contributed by atoms with Gasteiger partial charge < -0.3 is 4.90 Å². The van der Waals surface area contributed by atoms with Crippen LogP contribution in [0.4, 0.5) is 17.1 Å². The summed E-state index contributed by atoms with van der Waals surface area (Å²) in [6.07, 6.45) is 0. The molecule has 0 radical (unpaired) electrons. The Balaban J connectivity index is 1.02. The Morgan fingerprint density at radius 3 is 1.18 bits per heavy atom. The standard InChI is InChI=1S/C56H39N/c1-3-12-40(13-4-1)42-26-33-49(34-27-42)57(50-35-28-43(29-36-50)41-22-24-47(25-23-41)53-21-11-18-44-16-7-9-19-52(44)53)51-37-30-48(31-38-51)56-54-20-10-8-17-46(54)32-39-55(56)45-14-5-2-6-15-45/h1-39H. The highest BCUT2D eigenvalue weighted by Crippen LogP contribution is 2.42. The lowest BCUT2D eigenvalue weighted by molar-refractivity contribution is 1.28. The topological polar surface area (TPSA) is 3.24 Å². The van der Waals surface area contributed by atoms with Crippen LogP contribution < -0.4 is 4.90 Å². The van der Waals surface area contributed by atoms with E-state index in [2.05, 4.69) is 241 Å². The van der Waals surface area contributed by atoms with E-state index in [1.165, 1.54) is 77.2 Å². The molecule has 1 heteroatoms. The second-order valence-corrected chi connectivity index (χ2v) is 14.5. The van der Waals surface area contributed by atoms with Crippen molar-refractivity contribution < 1.29 is 0 Å². The molecule has 1 nitrogen and oxygen atoms in total. The van der Waals surface area contributed by atoms with Gasteiger partial charge >= 0.3 is 0 Å². The summed E-state index contributed by atoms with van der Waals surface area (Å²) in [5.74, 6) is 0. The molecule has 0 atom stereocenters. The largest absolute Gasteiger partial charge is 0.311 e. The smallest absolute Gasteiger partial charge is 0.0462 e. The quantitative estimate of drug-likeness (QED) is 0.151. The fourth-order valence-corrected chi connectivity index (χ4v) is 8.22. The van der Waals surface area contributed by atoms with Gasteiger partial charge in [0, 0.05) is 17.1 Å². The summed E-state index contributed by atoms with van der Waals surface area (Å²) >= 11 is 0. The molecule has 0 aromatic heterocycles. The molecule has 0 N–H and O–H groups in total. The van der Waals surface area contributed by atoms with Crippen LogP contribution in [0, 0.1) is 0 Å². The maximum atomic E-state index is 2.35. The second kappa shape index (κ2) is 15.0. The SMILES string of the molecule is c1ccc(-c2ccc(N(c3ccc(-c4ccc(-c5cccc6ccccc56)cc4)cc3)c3ccc(-c4c(-c5ccccc5)ccc5ccccc45)cc3)cc2)cc1. The maximum absolute atomic E-state index is 2.35. The van der Waals surface area contributed by atoms with Crippen LogP contribution in [0.2, 0.25) is 0 Å². The molecule has 10 aromatic carbocycles. The molecule has 0 saturated heterocycles. The van der Waals surface area contributed by atoms with Crippen molar-refractivity contribution in [2.45, 2.75) is 0 Å². The number of hydrogen-bond donors (Lipinski definition) is 0. The number of rotatable bonds is 8. The first kappa shape index (κ1) is 34.0. The number of benzene rings is 10. The van der Waals surface area contributed by atoms with E-state index in [4.69, 9.17) is 0 Å². The fourth-order valence-electron chi connectivity index (χ4n) is 8.22. The molecular weight excluding hydrogens is 687 g/mol. The van der Waals surface area contributed by atoms with E-state index < -0.39 is 0 Å². The third kappa shape index (κ3) is 6.66. The van der Waals surface area contributed by atoms with Crippen molar-refractivity contribution in [1.29, 1.82) is 0 Å². The maximum Gasteiger partial charge on any atom is 0.0462 e. The summed E-state index contributed by atoms with van der Waals surface area (Å²) in [7, 11) is 0. The zero-order valence-electron chi connectivity index (χ0n) is 31.5. The lowest BCUT2D eigenvalue weighted by Crippen LogP contribution is -2.09. The summed E-state index contributed by atoms with van der Waals surface area (Å²) < 4.78 is 0. The van der Waals surface area contributed by atoms with Crippen molar-refractivity contribution in [2.24, 2.45) is 0 Å². The van der Waals surface area contributed by atoms with E-state index in [1.54, 1.807) is 0 Å². The van der Waals surface area contributed by atoms with Crippen LogP contribution in [0.5, 0.6) is 0 Å². The van der Waals surface area contributed by atoms with Crippen LogP contribution in [0.15, 0.2) is 237 Å². The molecule has 10 aromatic rings. The van der Waals surface area contributed by atoms with Crippen LogP contribution in [0.1, 0.15) is 0 Å². The van der Waals surface area contributed by atoms with E-state index >= 15 is 0 Å². The van der Waals surface area contributed by atoms with Gasteiger partial charge in [-0.25, -0.2) is 0 Å². The van der Waals surface area contributed by atoms with E-state index in [-0.39, 0.29) is 0 Å². The van der Waals surface area contributed by atoms with E-state index in [0.717, 1.165) is 17.1 Å². The average Bonchev–Trinajstić information content (AvgIpc) is 3.30. The Hall–Kier alpha value is -7.48. The molecule has 0 amide bonds. The van der Waals surface area contributed by atoms with Crippen LogP contribution >= 0.6 is 0 Å². The summed E-state index contributed by atoms with van der Waals surface area (Å²) in [5.41, 5.74) is 15.4. The Bertz CT molecular complexity index is 2940. The monoisotopic (exact) mass is 725 g/mol. The highest BCUT2D eigenvalue weighted by atomic mass is 15.1. The van der Waals surface area contributed by atoms with Gasteiger partial charge in [0.05, 0.1) is 0 Å². The summed E-state index contributed by atoms with van der Waals surface area (Å²) in [4.78, 5) is 2.35. The van der Waals surface area contributed by atoms with Crippen molar-refractivity contribution in [3.8, 4) is 55.6 Å². The predicted octanol–water partition coefficient (Wildman–Crippen LogP) is 15.8. The normalized spacial score (nSPS) is 11.2. The van der Waals surface area contributed by atoms with Gasteiger partial charge in [-0.15, -0.1) is 0 Å². The lowest BCUT2D eigenvalue weighted by Gasteiger charge is -2.26. The molecule has 0 saturated carbocycles. The van der Waals surface area contributed by atoms with Gasteiger partial charge in [-0.1, -0.05) is 200 Å². The molecule has 0 heterocycles. The molecule has 0 aliphatic carbocycles. The van der Waals surface area contributed by atoms with Gasteiger partial charge in [0.25, 0.3) is 0 Å². The molecule has 0 fully saturated rings. The molecule has 0 aliphatic heterocycles. The number of fused-ring (bicyclic) bond motifs is 2. The third-order valence-electron chi connectivity index (χ3n) is 11.1. The summed E-state index contributed by atoms with van der Waals surface area (Å²) in [6, 6.07) is 85.5. The van der Waals surface area contributed by atoms with Gasteiger partial charge in [-0.05, 0) is 114 Å². The third-order valence-corrected chi connectivity index (χ3v) is 11.1. The Morgan fingerprint density at radius 1 is 0.211 bits per heavy atom. The Morgan fingerprint density at radius 2 is 0.596 bits per heavy atom. The van der Waals surface area contributed by atoms with Crippen molar-refractivity contribution >= 4 is 38.6 Å². The zero-order valence-corrected chi connectivity index (χ0v) is 31.5. The molecule has 57 heavy (non-hydrogen) atoms. The van der Waals surface area contributed by atoms with E-state index in [0.29, 0.717) is 0 Å². The van der Waals surface area contributed by atoms with E-state index in [9.17, 15) is 0 Å². The van der Waals surface area contributed by atoms with Gasteiger partial charge in [0.15, 0.2) is 0 Å². The van der Waals surface area contributed by atoms with Crippen molar-refractivity contribution in [2.75, 3.05) is 4.90 Å². The first-order chi connectivity index (χ1) is 28.3. The average molecular weight is 726 g/mol. The summed E-state index contributed by atoms with van der Waals surface area (Å²) in [6.45, 7) is 0. The molecule has 0 unspecified atom stereocenters. The molecule has 10 rings (SSSR count). The van der Waals surface area contributed by atoms with Gasteiger partial charge in [0.1, 0.15) is 0 Å². The van der Waals surface area contributed by atoms with Gasteiger partial charge in [0.2, 0.25) is 0 Å². The van der Waals surface area contributed by atoms with Crippen LogP contribution in [0.3, 0.4) is 0 Å². The van der Waals surface area contributed by atoms with Gasteiger partial charge in [-0.3, -0.25) is 0 Å². The van der Waals surface area contributed by atoms with Crippen molar-refractivity contribution in [3.05, 3.63) is 237 Å². The highest BCUT2D eigenvalue weighted by molar-refractivity contribution is 6.04. The second-order valence-electron chi connectivity index (χ2n) is 14.5. The minimum Gasteiger partial charge on any atom is -0.311 e. The molecule has 268 valence electrons. The first-order valence-corrected chi connectivity index (χ1v) is 19.6. The van der Waals surface area contributed by atoms with Crippen molar-refractivity contribution in [3.63, 3.8) is 0 Å². The number of nitrogens with zero attached hydrogens (tertiary/aromatic N) is 1. The lowest BCUT2D eigenvalue weighted by atomic mass is 9.89. The number of anilines is 3.